The fraction of sp³-hybridized carbons (Fsp3) is 0.0870. The van der Waals surface area contributed by atoms with Crippen molar-refractivity contribution in [3.8, 4) is 21.8 Å². The van der Waals surface area contributed by atoms with Crippen molar-refractivity contribution < 1.29 is 0 Å². The maximum atomic E-state index is 6.29. The lowest BCUT2D eigenvalue weighted by atomic mass is 10.1. The molecular formula is C23H15Cl2N3S3. The number of nitrogens with zero attached hydrogens (tertiary/aromatic N) is 3. The molecule has 5 aromatic rings. The normalized spacial score (nSPS) is 11.3. The van der Waals surface area contributed by atoms with Crippen LogP contribution in [0.1, 0.15) is 11.1 Å². The van der Waals surface area contributed by atoms with Crippen molar-refractivity contribution in [3.05, 3.63) is 81.8 Å². The minimum Gasteiger partial charge on any atom is -0.191 e. The van der Waals surface area contributed by atoms with Crippen LogP contribution < -0.4 is 0 Å². The third-order valence-electron chi connectivity index (χ3n) is 4.78. The molecule has 0 saturated carbocycles. The van der Waals surface area contributed by atoms with Gasteiger partial charge in [-0.3, -0.25) is 0 Å². The van der Waals surface area contributed by atoms with Gasteiger partial charge in [-0.1, -0.05) is 82.2 Å². The molecule has 0 spiro atoms. The van der Waals surface area contributed by atoms with Crippen LogP contribution in [0.3, 0.4) is 0 Å². The maximum Gasteiger partial charge on any atom is 0.174 e. The molecule has 0 aliphatic carbocycles. The molecule has 0 saturated heterocycles. The molecule has 0 radical (unpaired) electrons. The Hall–Kier alpha value is -1.96. The molecule has 0 N–H and O–H groups in total. The van der Waals surface area contributed by atoms with Gasteiger partial charge in [0.25, 0.3) is 0 Å². The van der Waals surface area contributed by atoms with E-state index in [0.717, 1.165) is 31.9 Å². The molecule has 0 aliphatic heterocycles. The zero-order valence-electron chi connectivity index (χ0n) is 16.3. The van der Waals surface area contributed by atoms with Crippen LogP contribution in [0.15, 0.2) is 65.0 Å². The van der Waals surface area contributed by atoms with Crippen LogP contribution in [-0.4, -0.2) is 14.6 Å². The van der Waals surface area contributed by atoms with E-state index in [1.807, 2.05) is 12.1 Å². The van der Waals surface area contributed by atoms with Gasteiger partial charge in [0, 0.05) is 27.3 Å². The summed E-state index contributed by atoms with van der Waals surface area (Å²) >= 11 is 17.0. The van der Waals surface area contributed by atoms with Crippen LogP contribution in [0.5, 0.6) is 0 Å². The van der Waals surface area contributed by atoms with Gasteiger partial charge in [0.15, 0.2) is 4.34 Å². The summed E-state index contributed by atoms with van der Waals surface area (Å²) in [6, 6.07) is 20.5. The Morgan fingerprint density at radius 2 is 1.77 bits per heavy atom. The molecule has 0 fully saturated rings. The molecule has 5 rings (SSSR count). The van der Waals surface area contributed by atoms with Gasteiger partial charge in [-0.15, -0.1) is 10.2 Å². The van der Waals surface area contributed by atoms with Gasteiger partial charge in [0.1, 0.15) is 5.01 Å². The molecule has 3 aromatic carbocycles. The van der Waals surface area contributed by atoms with E-state index in [0.29, 0.717) is 10.0 Å². The van der Waals surface area contributed by atoms with Crippen LogP contribution in [0.25, 0.3) is 31.9 Å². The average molecular weight is 501 g/mol. The lowest BCUT2D eigenvalue weighted by Gasteiger charge is -2.03. The third-order valence-corrected chi connectivity index (χ3v) is 8.32. The Kier molecular flexibility index (Phi) is 5.99. The first kappa shape index (κ1) is 20.9. The second kappa shape index (κ2) is 8.88. The molecule has 2 aromatic heterocycles. The second-order valence-electron chi connectivity index (χ2n) is 7.01. The number of aromatic nitrogens is 3. The summed E-state index contributed by atoms with van der Waals surface area (Å²) in [4.78, 5) is 0. The molecule has 2 heterocycles. The summed E-state index contributed by atoms with van der Waals surface area (Å²) in [6.07, 6.45) is 0. The van der Waals surface area contributed by atoms with Gasteiger partial charge < -0.3 is 0 Å². The zero-order valence-corrected chi connectivity index (χ0v) is 20.3. The summed E-state index contributed by atoms with van der Waals surface area (Å²) in [7, 11) is 0. The number of rotatable bonds is 5. The van der Waals surface area contributed by atoms with Crippen molar-refractivity contribution in [1.82, 2.24) is 14.6 Å². The van der Waals surface area contributed by atoms with E-state index in [1.165, 1.54) is 32.5 Å². The van der Waals surface area contributed by atoms with E-state index in [2.05, 4.69) is 64.0 Å². The number of thioether (sulfide) groups is 1. The van der Waals surface area contributed by atoms with Crippen molar-refractivity contribution in [1.29, 1.82) is 0 Å². The Balaban J connectivity index is 1.29. The van der Waals surface area contributed by atoms with E-state index in [9.17, 15) is 0 Å². The molecule has 0 unspecified atom stereocenters. The van der Waals surface area contributed by atoms with E-state index in [1.54, 1.807) is 29.4 Å². The minimum atomic E-state index is 0.584. The summed E-state index contributed by atoms with van der Waals surface area (Å²) in [5, 5.41) is 11.8. The fourth-order valence-corrected chi connectivity index (χ4v) is 6.38. The quantitative estimate of drug-likeness (QED) is 0.227. The fourth-order valence-electron chi connectivity index (χ4n) is 3.20. The van der Waals surface area contributed by atoms with Gasteiger partial charge in [0.05, 0.1) is 15.4 Å². The van der Waals surface area contributed by atoms with E-state index >= 15 is 0 Å². The summed E-state index contributed by atoms with van der Waals surface area (Å²) in [5.41, 5.74) is 5.52. The van der Waals surface area contributed by atoms with Gasteiger partial charge in [0.2, 0.25) is 0 Å². The summed E-state index contributed by atoms with van der Waals surface area (Å²) < 4.78 is 6.80. The van der Waals surface area contributed by atoms with Crippen molar-refractivity contribution in [2.75, 3.05) is 0 Å². The highest BCUT2D eigenvalue weighted by atomic mass is 35.5. The third kappa shape index (κ3) is 4.49. The predicted molar refractivity (Wildman–Crippen MR) is 135 cm³/mol. The first-order chi connectivity index (χ1) is 15.1. The standard InChI is InChI=1S/C23H15Cl2N3S3/c1-13-2-9-20-18(10-13)21(28-31-20)15-5-3-14(4-6-15)12-29-23-27-26-22(30-23)17-8-7-16(24)11-19(17)25/h2-11H,12H2,1H3. The largest absolute Gasteiger partial charge is 0.191 e. The molecule has 154 valence electrons. The van der Waals surface area contributed by atoms with Crippen LogP contribution >= 0.6 is 57.8 Å². The monoisotopic (exact) mass is 499 g/mol. The summed E-state index contributed by atoms with van der Waals surface area (Å²) in [5.74, 6) is 0.820. The van der Waals surface area contributed by atoms with Crippen molar-refractivity contribution in [2.45, 2.75) is 17.0 Å². The molecule has 0 atom stereocenters. The number of hydrogen-bond acceptors (Lipinski definition) is 6. The molecule has 0 aliphatic rings. The molecule has 0 amide bonds. The highest BCUT2D eigenvalue weighted by molar-refractivity contribution is 8.00. The Bertz CT molecular complexity index is 1380. The highest BCUT2D eigenvalue weighted by Crippen LogP contribution is 2.36. The van der Waals surface area contributed by atoms with E-state index < -0.39 is 0 Å². The lowest BCUT2D eigenvalue weighted by molar-refractivity contribution is 1.01. The van der Waals surface area contributed by atoms with Gasteiger partial charge in [-0.2, -0.15) is 4.37 Å². The van der Waals surface area contributed by atoms with E-state index in [-0.39, 0.29) is 0 Å². The van der Waals surface area contributed by atoms with Crippen molar-refractivity contribution in [3.63, 3.8) is 0 Å². The van der Waals surface area contributed by atoms with Crippen LogP contribution in [0.2, 0.25) is 10.0 Å². The molecule has 31 heavy (non-hydrogen) atoms. The predicted octanol–water partition coefficient (Wildman–Crippen LogP) is 8.39. The molecule has 8 heteroatoms. The van der Waals surface area contributed by atoms with Crippen molar-refractivity contribution >= 4 is 67.9 Å². The number of halogens is 2. The Morgan fingerprint density at radius 1 is 0.935 bits per heavy atom. The topological polar surface area (TPSA) is 38.7 Å². The first-order valence-corrected chi connectivity index (χ1v) is 12.8. The number of fused-ring (bicyclic) bond motifs is 1. The van der Waals surface area contributed by atoms with Crippen molar-refractivity contribution in [2.24, 2.45) is 0 Å². The van der Waals surface area contributed by atoms with Gasteiger partial charge >= 0.3 is 0 Å². The Morgan fingerprint density at radius 3 is 2.58 bits per heavy atom. The van der Waals surface area contributed by atoms with Crippen LogP contribution in [0, 0.1) is 6.92 Å². The van der Waals surface area contributed by atoms with Gasteiger partial charge in [-0.05, 0) is 54.4 Å². The van der Waals surface area contributed by atoms with Crippen LogP contribution in [-0.2, 0) is 5.75 Å². The first-order valence-electron chi connectivity index (χ1n) is 9.44. The lowest BCUT2D eigenvalue weighted by Crippen LogP contribution is -1.83. The smallest absolute Gasteiger partial charge is 0.174 e. The SMILES string of the molecule is Cc1ccc2snc(-c3ccc(CSc4nnc(-c5ccc(Cl)cc5Cl)s4)cc3)c2c1. The molecule has 3 nitrogen and oxygen atoms in total. The number of hydrogen-bond donors (Lipinski definition) is 0. The molecule has 0 bridgehead atoms. The summed E-state index contributed by atoms with van der Waals surface area (Å²) in [6.45, 7) is 2.11. The minimum absolute atomic E-state index is 0.584. The van der Waals surface area contributed by atoms with Crippen LogP contribution in [0.4, 0.5) is 0 Å². The number of benzene rings is 3. The number of aryl methyl sites for hydroxylation is 1. The highest BCUT2D eigenvalue weighted by Gasteiger charge is 2.12. The zero-order chi connectivity index (χ0) is 21.4. The Labute approximate surface area is 202 Å². The van der Waals surface area contributed by atoms with Gasteiger partial charge in [-0.25, -0.2) is 0 Å². The van der Waals surface area contributed by atoms with E-state index in [4.69, 9.17) is 23.2 Å². The maximum absolute atomic E-state index is 6.29. The second-order valence-corrected chi connectivity index (χ2v) is 10.9. The average Bonchev–Trinajstić information content (AvgIpc) is 3.39. The molecular weight excluding hydrogens is 485 g/mol.